The minimum atomic E-state index is -2.98. The number of hydrogen-bond acceptors (Lipinski definition) is 4. The Kier molecular flexibility index (Phi) is 4.24. The van der Waals surface area contributed by atoms with E-state index in [0.717, 1.165) is 0 Å². The van der Waals surface area contributed by atoms with Crippen LogP contribution >= 0.6 is 12.2 Å². The van der Waals surface area contributed by atoms with Crippen molar-refractivity contribution in [3.05, 3.63) is 29.3 Å². The summed E-state index contributed by atoms with van der Waals surface area (Å²) in [5.74, 6) is -2.01. The maximum atomic E-state index is 13.8. The van der Waals surface area contributed by atoms with E-state index in [2.05, 4.69) is 17.5 Å². The van der Waals surface area contributed by atoms with E-state index < -0.39 is 21.5 Å². The van der Waals surface area contributed by atoms with Crippen molar-refractivity contribution in [1.29, 1.82) is 0 Å². The number of halogens is 2. The normalized spacial score (nSPS) is 20.8. The number of rotatable bonds is 4. The second-order valence-electron chi connectivity index (χ2n) is 4.80. The Bertz CT molecular complexity index is 647. The molecule has 1 unspecified atom stereocenters. The maximum absolute atomic E-state index is 13.8. The third-order valence-electron chi connectivity index (χ3n) is 3.26. The van der Waals surface area contributed by atoms with Crippen LogP contribution in [0.1, 0.15) is 12.0 Å². The van der Waals surface area contributed by atoms with E-state index in [4.69, 9.17) is 5.73 Å². The fraction of sp³-hybridized carbons (Fsp3) is 0.417. The summed E-state index contributed by atoms with van der Waals surface area (Å²) in [4.78, 5) is -0.213. The number of sulfone groups is 1. The highest BCUT2D eigenvalue weighted by Crippen LogP contribution is 2.23. The van der Waals surface area contributed by atoms with Crippen molar-refractivity contribution >= 4 is 32.7 Å². The van der Waals surface area contributed by atoms with Gasteiger partial charge in [0.15, 0.2) is 21.5 Å². The number of benzene rings is 1. The molecule has 0 aliphatic carbocycles. The van der Waals surface area contributed by atoms with Gasteiger partial charge in [0, 0.05) is 12.1 Å². The zero-order valence-electron chi connectivity index (χ0n) is 10.5. The number of nitrogens with two attached hydrogens (primary N) is 1. The lowest BCUT2D eigenvalue weighted by Crippen LogP contribution is -2.18. The molecule has 0 amide bonds. The van der Waals surface area contributed by atoms with Crippen LogP contribution in [0.2, 0.25) is 0 Å². The number of thiocarbonyl (C=S) groups is 1. The lowest BCUT2D eigenvalue weighted by molar-refractivity contribution is 0.508. The van der Waals surface area contributed by atoms with E-state index in [1.54, 1.807) is 0 Å². The second kappa shape index (κ2) is 5.61. The topological polar surface area (TPSA) is 72.2 Å². The highest BCUT2D eigenvalue weighted by Gasteiger charge is 2.27. The Morgan fingerprint density at radius 2 is 2.10 bits per heavy atom. The van der Waals surface area contributed by atoms with Gasteiger partial charge >= 0.3 is 0 Å². The molecule has 1 aromatic rings. The predicted molar refractivity (Wildman–Crippen MR) is 77.5 cm³/mol. The first-order chi connectivity index (χ1) is 9.30. The van der Waals surface area contributed by atoms with Gasteiger partial charge in [0.25, 0.3) is 0 Å². The van der Waals surface area contributed by atoms with Crippen molar-refractivity contribution in [3.8, 4) is 0 Å². The van der Waals surface area contributed by atoms with Crippen molar-refractivity contribution in [3.63, 3.8) is 0 Å². The van der Waals surface area contributed by atoms with Gasteiger partial charge in [0.2, 0.25) is 0 Å². The second-order valence-corrected chi connectivity index (χ2v) is 7.47. The molecule has 0 bridgehead atoms. The van der Waals surface area contributed by atoms with Crippen LogP contribution in [0.3, 0.4) is 0 Å². The SMILES string of the molecule is NC(=S)c1ccc(NCC2CCS(=O)(=O)C2)c(F)c1F. The van der Waals surface area contributed by atoms with Gasteiger partial charge in [-0.25, -0.2) is 17.2 Å². The predicted octanol–water partition coefficient (Wildman–Crippen LogP) is 1.45. The molecule has 1 aliphatic rings. The largest absolute Gasteiger partial charge is 0.389 e. The molecule has 0 spiro atoms. The summed E-state index contributed by atoms with van der Waals surface area (Å²) in [6.45, 7) is 0.280. The molecule has 4 nitrogen and oxygen atoms in total. The first-order valence-corrected chi connectivity index (χ1v) is 8.25. The molecule has 3 N–H and O–H groups in total. The Morgan fingerprint density at radius 3 is 2.65 bits per heavy atom. The molecular formula is C12H14F2N2O2S2. The Labute approximate surface area is 121 Å². The summed E-state index contributed by atoms with van der Waals surface area (Å²) in [5, 5.41) is 2.74. The first kappa shape index (κ1) is 15.1. The van der Waals surface area contributed by atoms with Gasteiger partial charge in [-0.05, 0) is 24.5 Å². The molecule has 1 aliphatic heterocycles. The summed E-state index contributed by atoms with van der Waals surface area (Å²) >= 11 is 4.61. The monoisotopic (exact) mass is 320 g/mol. The summed E-state index contributed by atoms with van der Waals surface area (Å²) in [6.07, 6.45) is 0.532. The van der Waals surface area contributed by atoms with Crippen LogP contribution in [0, 0.1) is 17.6 Å². The molecule has 1 saturated heterocycles. The van der Waals surface area contributed by atoms with Crippen LogP contribution in [-0.2, 0) is 9.84 Å². The van der Waals surface area contributed by atoms with E-state index in [9.17, 15) is 17.2 Å². The van der Waals surface area contributed by atoms with Crippen molar-refractivity contribution in [2.45, 2.75) is 6.42 Å². The van der Waals surface area contributed by atoms with Crippen molar-refractivity contribution in [2.24, 2.45) is 11.7 Å². The molecule has 1 fully saturated rings. The summed E-state index contributed by atoms with van der Waals surface area (Å²) in [7, 11) is -2.98. The highest BCUT2D eigenvalue weighted by molar-refractivity contribution is 7.91. The van der Waals surface area contributed by atoms with E-state index in [-0.39, 0.29) is 40.2 Å². The summed E-state index contributed by atoms with van der Waals surface area (Å²) in [5.41, 5.74) is 5.11. The Balaban J connectivity index is 2.08. The van der Waals surface area contributed by atoms with Gasteiger partial charge in [-0.1, -0.05) is 12.2 Å². The van der Waals surface area contributed by atoms with Crippen LogP contribution in [0.5, 0.6) is 0 Å². The van der Waals surface area contributed by atoms with Gasteiger partial charge in [0.1, 0.15) is 4.99 Å². The van der Waals surface area contributed by atoms with Gasteiger partial charge in [0.05, 0.1) is 17.2 Å². The van der Waals surface area contributed by atoms with Gasteiger partial charge in [-0.2, -0.15) is 0 Å². The van der Waals surface area contributed by atoms with Crippen LogP contribution < -0.4 is 11.1 Å². The maximum Gasteiger partial charge on any atom is 0.182 e. The molecule has 1 aromatic carbocycles. The van der Waals surface area contributed by atoms with Crippen molar-refractivity contribution < 1.29 is 17.2 Å². The van der Waals surface area contributed by atoms with Crippen LogP contribution in [0.15, 0.2) is 12.1 Å². The summed E-state index contributed by atoms with van der Waals surface area (Å²) in [6, 6.07) is 2.64. The Morgan fingerprint density at radius 1 is 1.40 bits per heavy atom. The molecule has 1 atom stereocenters. The standard InChI is InChI=1S/C12H14F2N2O2S2/c13-10-8(12(15)19)1-2-9(11(10)14)16-5-7-3-4-20(17,18)6-7/h1-2,7,16H,3-6H2,(H2,15,19). The number of hydrogen-bond donors (Lipinski definition) is 2. The zero-order chi connectivity index (χ0) is 14.9. The molecule has 0 radical (unpaired) electrons. The van der Waals surface area contributed by atoms with Crippen LogP contribution in [0.4, 0.5) is 14.5 Å². The highest BCUT2D eigenvalue weighted by atomic mass is 32.2. The molecule has 0 aromatic heterocycles. The molecule has 1 heterocycles. The van der Waals surface area contributed by atoms with Gasteiger partial charge < -0.3 is 11.1 Å². The number of anilines is 1. The van der Waals surface area contributed by atoms with Gasteiger partial charge in [-0.3, -0.25) is 0 Å². The van der Waals surface area contributed by atoms with E-state index in [0.29, 0.717) is 6.42 Å². The van der Waals surface area contributed by atoms with Crippen molar-refractivity contribution in [1.82, 2.24) is 0 Å². The molecule has 2 rings (SSSR count). The quantitative estimate of drug-likeness (QED) is 0.822. The minimum Gasteiger partial charge on any atom is -0.389 e. The van der Waals surface area contributed by atoms with Crippen molar-refractivity contribution in [2.75, 3.05) is 23.4 Å². The van der Waals surface area contributed by atoms with Crippen LogP contribution in [0.25, 0.3) is 0 Å². The molecule has 20 heavy (non-hydrogen) atoms. The summed E-state index contributed by atoms with van der Waals surface area (Å²) < 4.78 is 50.0. The lowest BCUT2D eigenvalue weighted by Gasteiger charge is -2.13. The minimum absolute atomic E-state index is 0.0215. The third-order valence-corrected chi connectivity index (χ3v) is 5.31. The smallest absolute Gasteiger partial charge is 0.182 e. The molecular weight excluding hydrogens is 306 g/mol. The van der Waals surface area contributed by atoms with Gasteiger partial charge in [-0.15, -0.1) is 0 Å². The van der Waals surface area contributed by atoms with E-state index in [1.807, 2.05) is 0 Å². The average molecular weight is 320 g/mol. The lowest BCUT2D eigenvalue weighted by atomic mass is 10.1. The molecule has 8 heteroatoms. The van der Waals surface area contributed by atoms with E-state index in [1.165, 1.54) is 12.1 Å². The molecule has 0 saturated carbocycles. The fourth-order valence-corrected chi connectivity index (χ4v) is 4.18. The fourth-order valence-electron chi connectivity index (χ4n) is 2.16. The Hall–Kier alpha value is -1.28. The zero-order valence-corrected chi connectivity index (χ0v) is 12.2. The number of nitrogens with one attached hydrogen (secondary N) is 1. The first-order valence-electron chi connectivity index (χ1n) is 6.02. The average Bonchev–Trinajstić information content (AvgIpc) is 2.70. The molecule has 110 valence electrons. The van der Waals surface area contributed by atoms with E-state index >= 15 is 0 Å². The van der Waals surface area contributed by atoms with Crippen LogP contribution in [-0.4, -0.2) is 31.5 Å². The third kappa shape index (κ3) is 3.24.